The molecular weight excluding hydrogens is 206 g/mol. The second-order valence-electron chi connectivity index (χ2n) is 3.47. The van der Waals surface area contributed by atoms with Crippen molar-refractivity contribution in [1.82, 2.24) is 9.97 Å². The van der Waals surface area contributed by atoms with Crippen LogP contribution < -0.4 is 5.32 Å². The average molecular weight is 219 g/mol. The number of aromatic nitrogens is 2. The van der Waals surface area contributed by atoms with Crippen LogP contribution in [-0.2, 0) is 0 Å². The molecule has 1 atom stereocenters. The van der Waals surface area contributed by atoms with Crippen LogP contribution in [-0.4, -0.2) is 9.97 Å². The number of aryl methyl sites for hydroxylation is 1. The van der Waals surface area contributed by atoms with Crippen molar-refractivity contribution in [2.75, 3.05) is 5.32 Å². The minimum Gasteiger partial charge on any atom is -0.347 e. The first kappa shape index (κ1) is 10.1. The van der Waals surface area contributed by atoms with Gasteiger partial charge in [-0.2, -0.15) is 0 Å². The molecule has 0 saturated carbocycles. The first-order chi connectivity index (χ1) is 7.25. The SMILES string of the molecule is Cc1cnc(NC(C)c2cccs2)nc1. The van der Waals surface area contributed by atoms with E-state index in [0.717, 1.165) is 5.56 Å². The molecule has 0 aliphatic carbocycles. The second kappa shape index (κ2) is 4.40. The van der Waals surface area contributed by atoms with E-state index in [1.165, 1.54) is 4.88 Å². The van der Waals surface area contributed by atoms with Gasteiger partial charge in [-0.05, 0) is 30.9 Å². The third-order valence-electron chi connectivity index (χ3n) is 2.10. The van der Waals surface area contributed by atoms with Crippen LogP contribution in [0.5, 0.6) is 0 Å². The molecule has 1 unspecified atom stereocenters. The van der Waals surface area contributed by atoms with E-state index in [2.05, 4.69) is 33.7 Å². The van der Waals surface area contributed by atoms with Gasteiger partial charge < -0.3 is 5.32 Å². The molecule has 3 nitrogen and oxygen atoms in total. The Balaban J connectivity index is 2.06. The predicted octanol–water partition coefficient (Wildman–Crippen LogP) is 3.02. The minimum absolute atomic E-state index is 0.257. The Kier molecular flexibility index (Phi) is 2.97. The summed E-state index contributed by atoms with van der Waals surface area (Å²) in [7, 11) is 0. The normalized spacial score (nSPS) is 12.4. The quantitative estimate of drug-likeness (QED) is 0.862. The Morgan fingerprint density at radius 3 is 2.67 bits per heavy atom. The molecule has 15 heavy (non-hydrogen) atoms. The summed E-state index contributed by atoms with van der Waals surface area (Å²) in [5.41, 5.74) is 1.07. The Morgan fingerprint density at radius 2 is 2.07 bits per heavy atom. The molecule has 0 radical (unpaired) electrons. The zero-order valence-electron chi connectivity index (χ0n) is 8.77. The van der Waals surface area contributed by atoms with Crippen molar-refractivity contribution in [1.29, 1.82) is 0 Å². The topological polar surface area (TPSA) is 37.8 Å². The fraction of sp³-hybridized carbons (Fsp3) is 0.273. The molecule has 2 rings (SSSR count). The summed E-state index contributed by atoms with van der Waals surface area (Å²) in [5.74, 6) is 0.682. The maximum atomic E-state index is 4.21. The second-order valence-corrected chi connectivity index (χ2v) is 4.44. The van der Waals surface area contributed by atoms with Crippen molar-refractivity contribution in [3.05, 3.63) is 40.3 Å². The maximum absolute atomic E-state index is 4.21. The lowest BCUT2D eigenvalue weighted by molar-refractivity contribution is 0.878. The van der Waals surface area contributed by atoms with E-state index in [1.807, 2.05) is 25.4 Å². The first-order valence-corrected chi connectivity index (χ1v) is 5.72. The fourth-order valence-corrected chi connectivity index (χ4v) is 2.00. The van der Waals surface area contributed by atoms with E-state index in [4.69, 9.17) is 0 Å². The molecule has 0 fully saturated rings. The first-order valence-electron chi connectivity index (χ1n) is 4.84. The van der Waals surface area contributed by atoms with Crippen LogP contribution in [0.3, 0.4) is 0 Å². The van der Waals surface area contributed by atoms with E-state index in [1.54, 1.807) is 11.3 Å². The largest absolute Gasteiger partial charge is 0.347 e. The van der Waals surface area contributed by atoms with Gasteiger partial charge in [-0.3, -0.25) is 0 Å². The molecule has 2 aromatic rings. The minimum atomic E-state index is 0.257. The fourth-order valence-electron chi connectivity index (χ4n) is 1.27. The van der Waals surface area contributed by atoms with E-state index in [-0.39, 0.29) is 6.04 Å². The van der Waals surface area contributed by atoms with E-state index in [0.29, 0.717) is 5.95 Å². The van der Waals surface area contributed by atoms with Crippen LogP contribution in [0.15, 0.2) is 29.9 Å². The van der Waals surface area contributed by atoms with Gasteiger partial charge in [0.05, 0.1) is 6.04 Å². The standard InChI is InChI=1S/C11H13N3S/c1-8-6-12-11(13-7-8)14-9(2)10-4-3-5-15-10/h3-7,9H,1-2H3,(H,12,13,14). The van der Waals surface area contributed by atoms with Gasteiger partial charge in [-0.25, -0.2) is 9.97 Å². The van der Waals surface area contributed by atoms with Crippen LogP contribution in [0.25, 0.3) is 0 Å². The smallest absolute Gasteiger partial charge is 0.223 e. The highest BCUT2D eigenvalue weighted by Gasteiger charge is 2.06. The molecule has 1 N–H and O–H groups in total. The number of thiophene rings is 1. The molecule has 0 aliphatic rings. The molecule has 0 saturated heterocycles. The molecule has 2 aromatic heterocycles. The van der Waals surface area contributed by atoms with Crippen molar-refractivity contribution < 1.29 is 0 Å². The summed E-state index contributed by atoms with van der Waals surface area (Å²) >= 11 is 1.74. The van der Waals surface area contributed by atoms with Gasteiger partial charge in [-0.1, -0.05) is 6.07 Å². The number of anilines is 1. The molecule has 0 aromatic carbocycles. The summed E-state index contributed by atoms with van der Waals surface area (Å²) in [4.78, 5) is 9.71. The van der Waals surface area contributed by atoms with Gasteiger partial charge in [0.15, 0.2) is 0 Å². The Bertz CT molecular complexity index is 408. The molecule has 0 aliphatic heterocycles. The lowest BCUT2D eigenvalue weighted by Gasteiger charge is -2.11. The summed E-state index contributed by atoms with van der Waals surface area (Å²) in [6.07, 6.45) is 3.63. The lowest BCUT2D eigenvalue weighted by Crippen LogP contribution is -2.07. The van der Waals surface area contributed by atoms with Crippen molar-refractivity contribution >= 4 is 17.3 Å². The van der Waals surface area contributed by atoms with Crippen molar-refractivity contribution in [2.24, 2.45) is 0 Å². The number of hydrogen-bond donors (Lipinski definition) is 1. The van der Waals surface area contributed by atoms with Gasteiger partial charge in [0.1, 0.15) is 0 Å². The zero-order chi connectivity index (χ0) is 10.7. The molecule has 0 spiro atoms. The van der Waals surface area contributed by atoms with Crippen LogP contribution >= 0.6 is 11.3 Å². The van der Waals surface area contributed by atoms with Gasteiger partial charge in [0, 0.05) is 17.3 Å². The summed E-state index contributed by atoms with van der Waals surface area (Å²) in [6.45, 7) is 4.08. The van der Waals surface area contributed by atoms with Crippen LogP contribution in [0.4, 0.5) is 5.95 Å². The summed E-state index contributed by atoms with van der Waals surface area (Å²) in [6, 6.07) is 4.41. The van der Waals surface area contributed by atoms with E-state index in [9.17, 15) is 0 Å². The van der Waals surface area contributed by atoms with Crippen LogP contribution in [0, 0.1) is 6.92 Å². The molecule has 78 valence electrons. The zero-order valence-corrected chi connectivity index (χ0v) is 9.58. The molecule has 0 bridgehead atoms. The van der Waals surface area contributed by atoms with Gasteiger partial charge in [-0.15, -0.1) is 11.3 Å². The van der Waals surface area contributed by atoms with Crippen LogP contribution in [0.1, 0.15) is 23.4 Å². The predicted molar refractivity (Wildman–Crippen MR) is 63.1 cm³/mol. The van der Waals surface area contributed by atoms with E-state index < -0.39 is 0 Å². The summed E-state index contributed by atoms with van der Waals surface area (Å²) in [5, 5.41) is 5.33. The third-order valence-corrected chi connectivity index (χ3v) is 3.15. The highest BCUT2D eigenvalue weighted by Crippen LogP contribution is 2.20. The third kappa shape index (κ3) is 2.53. The highest BCUT2D eigenvalue weighted by atomic mass is 32.1. The number of hydrogen-bond acceptors (Lipinski definition) is 4. The van der Waals surface area contributed by atoms with Gasteiger partial charge in [0.25, 0.3) is 0 Å². The number of rotatable bonds is 3. The average Bonchev–Trinajstić information content (AvgIpc) is 2.74. The Labute approximate surface area is 93.2 Å². The number of nitrogens with one attached hydrogen (secondary N) is 1. The monoisotopic (exact) mass is 219 g/mol. The Hall–Kier alpha value is -1.42. The van der Waals surface area contributed by atoms with Crippen molar-refractivity contribution in [3.63, 3.8) is 0 Å². The molecular formula is C11H13N3S. The molecule has 2 heterocycles. The van der Waals surface area contributed by atoms with Crippen molar-refractivity contribution in [2.45, 2.75) is 19.9 Å². The number of nitrogens with zero attached hydrogens (tertiary/aromatic N) is 2. The van der Waals surface area contributed by atoms with E-state index >= 15 is 0 Å². The highest BCUT2D eigenvalue weighted by molar-refractivity contribution is 7.10. The maximum Gasteiger partial charge on any atom is 0.223 e. The molecule has 0 amide bonds. The summed E-state index contributed by atoms with van der Waals surface area (Å²) < 4.78 is 0. The molecule has 4 heteroatoms. The van der Waals surface area contributed by atoms with Crippen molar-refractivity contribution in [3.8, 4) is 0 Å². The lowest BCUT2D eigenvalue weighted by atomic mass is 10.3. The van der Waals surface area contributed by atoms with Gasteiger partial charge >= 0.3 is 0 Å². The Morgan fingerprint density at radius 1 is 1.33 bits per heavy atom. The van der Waals surface area contributed by atoms with Gasteiger partial charge in [0.2, 0.25) is 5.95 Å². The van der Waals surface area contributed by atoms with Crippen LogP contribution in [0.2, 0.25) is 0 Å².